The van der Waals surface area contributed by atoms with E-state index < -0.39 is 0 Å². The van der Waals surface area contributed by atoms with Crippen molar-refractivity contribution in [2.24, 2.45) is 24.8 Å². The van der Waals surface area contributed by atoms with Crippen LogP contribution in [0.25, 0.3) is 0 Å². The van der Waals surface area contributed by atoms with E-state index >= 15 is 0 Å². The Hall–Kier alpha value is -1.85. The van der Waals surface area contributed by atoms with Crippen LogP contribution in [0.1, 0.15) is 62.1 Å². The van der Waals surface area contributed by atoms with Crippen molar-refractivity contribution < 1.29 is 9.59 Å². The SMILES string of the molecule is Cc1cc(C(=O)NC2CC3CCC(C2C)N3C(=O)C2CC(C)C2)nn1C. The van der Waals surface area contributed by atoms with Crippen molar-refractivity contribution in [2.45, 2.75) is 71.0 Å². The molecule has 3 fully saturated rings. The summed E-state index contributed by atoms with van der Waals surface area (Å²) in [5, 5.41) is 7.48. The second-order valence-corrected chi connectivity index (χ2v) is 8.79. The van der Waals surface area contributed by atoms with Crippen LogP contribution in [0, 0.1) is 24.7 Å². The molecule has 1 aliphatic carbocycles. The maximum atomic E-state index is 12.9. The number of rotatable bonds is 3. The molecule has 0 spiro atoms. The van der Waals surface area contributed by atoms with Gasteiger partial charge in [-0.1, -0.05) is 13.8 Å². The standard InChI is InChI=1S/C20H30N4O2/c1-11-7-14(8-11)20(26)24-15-5-6-18(24)13(3)16(10-15)21-19(25)17-9-12(2)23(4)22-17/h9,11,13-16,18H,5-8,10H2,1-4H3,(H,21,25). The molecule has 1 saturated carbocycles. The second kappa shape index (κ2) is 6.39. The van der Waals surface area contributed by atoms with Gasteiger partial charge in [0.25, 0.3) is 5.91 Å². The highest BCUT2D eigenvalue weighted by molar-refractivity contribution is 5.92. The van der Waals surface area contributed by atoms with E-state index in [4.69, 9.17) is 0 Å². The fourth-order valence-electron chi connectivity index (χ4n) is 5.20. The molecule has 0 aromatic carbocycles. The molecule has 3 heterocycles. The summed E-state index contributed by atoms with van der Waals surface area (Å²) in [6.45, 7) is 6.35. The van der Waals surface area contributed by atoms with Crippen LogP contribution in [0.4, 0.5) is 0 Å². The number of nitrogens with zero attached hydrogens (tertiary/aromatic N) is 3. The molecule has 2 bridgehead atoms. The second-order valence-electron chi connectivity index (χ2n) is 8.79. The molecule has 3 aliphatic rings. The van der Waals surface area contributed by atoms with E-state index in [1.54, 1.807) is 4.68 Å². The van der Waals surface area contributed by atoms with E-state index in [0.29, 0.717) is 17.5 Å². The summed E-state index contributed by atoms with van der Waals surface area (Å²) < 4.78 is 1.73. The Bertz CT molecular complexity index is 702. The predicted molar refractivity (Wildman–Crippen MR) is 98.5 cm³/mol. The Morgan fingerprint density at radius 3 is 2.54 bits per heavy atom. The summed E-state index contributed by atoms with van der Waals surface area (Å²) in [4.78, 5) is 27.7. The van der Waals surface area contributed by atoms with Gasteiger partial charge in [0.2, 0.25) is 5.91 Å². The summed E-state index contributed by atoms with van der Waals surface area (Å²) in [5.74, 6) is 1.48. The average molecular weight is 358 g/mol. The molecule has 1 aromatic rings. The highest BCUT2D eigenvalue weighted by Gasteiger charge is 2.50. The van der Waals surface area contributed by atoms with Crippen molar-refractivity contribution in [3.63, 3.8) is 0 Å². The normalized spacial score (nSPS) is 35.9. The van der Waals surface area contributed by atoms with Crippen LogP contribution in [-0.2, 0) is 11.8 Å². The van der Waals surface area contributed by atoms with Crippen molar-refractivity contribution in [1.82, 2.24) is 20.0 Å². The van der Waals surface area contributed by atoms with E-state index in [-0.39, 0.29) is 35.9 Å². The third-order valence-corrected chi connectivity index (χ3v) is 6.95. The van der Waals surface area contributed by atoms with Crippen molar-refractivity contribution in [2.75, 3.05) is 0 Å². The fraction of sp³-hybridized carbons (Fsp3) is 0.750. The molecule has 2 aliphatic heterocycles. The number of carbonyl (C=O) groups is 2. The van der Waals surface area contributed by atoms with Gasteiger partial charge in [-0.2, -0.15) is 5.10 Å². The maximum absolute atomic E-state index is 12.9. The Morgan fingerprint density at radius 1 is 1.19 bits per heavy atom. The zero-order chi connectivity index (χ0) is 18.6. The number of nitrogens with one attached hydrogen (secondary N) is 1. The largest absolute Gasteiger partial charge is 0.347 e. The first-order valence-corrected chi connectivity index (χ1v) is 9.98. The number of hydrogen-bond donors (Lipinski definition) is 1. The molecular weight excluding hydrogens is 328 g/mol. The van der Waals surface area contributed by atoms with Gasteiger partial charge < -0.3 is 10.2 Å². The Labute approximate surface area is 155 Å². The highest BCUT2D eigenvalue weighted by Crippen LogP contribution is 2.43. The topological polar surface area (TPSA) is 67.2 Å². The number of piperidine rings is 1. The lowest BCUT2D eigenvalue weighted by Gasteiger charge is -2.46. The van der Waals surface area contributed by atoms with Gasteiger partial charge in [0.15, 0.2) is 0 Å². The minimum atomic E-state index is -0.0995. The summed E-state index contributed by atoms with van der Waals surface area (Å²) in [5.41, 5.74) is 1.45. The molecule has 6 heteroatoms. The molecule has 4 unspecified atom stereocenters. The van der Waals surface area contributed by atoms with Crippen LogP contribution in [0.2, 0.25) is 0 Å². The van der Waals surface area contributed by atoms with E-state index in [0.717, 1.165) is 37.8 Å². The minimum absolute atomic E-state index is 0.0995. The first-order chi connectivity index (χ1) is 12.3. The summed E-state index contributed by atoms with van der Waals surface area (Å²) >= 11 is 0. The lowest BCUT2D eigenvalue weighted by Crippen LogP contribution is -2.59. The van der Waals surface area contributed by atoms with Crippen LogP contribution < -0.4 is 5.32 Å². The van der Waals surface area contributed by atoms with Gasteiger partial charge >= 0.3 is 0 Å². The molecule has 26 heavy (non-hydrogen) atoms. The average Bonchev–Trinajstić information content (AvgIpc) is 3.09. The number of aromatic nitrogens is 2. The van der Waals surface area contributed by atoms with Crippen molar-refractivity contribution in [3.05, 3.63) is 17.5 Å². The van der Waals surface area contributed by atoms with Gasteiger partial charge in [-0.05, 0) is 56.9 Å². The summed E-state index contributed by atoms with van der Waals surface area (Å²) in [7, 11) is 1.85. The minimum Gasteiger partial charge on any atom is -0.347 e. The summed E-state index contributed by atoms with van der Waals surface area (Å²) in [6, 6.07) is 2.50. The van der Waals surface area contributed by atoms with Crippen LogP contribution in [0.5, 0.6) is 0 Å². The van der Waals surface area contributed by atoms with Crippen molar-refractivity contribution in [3.8, 4) is 0 Å². The molecule has 2 amide bonds. The Balaban J connectivity index is 1.43. The molecule has 4 rings (SSSR count). The number of hydrogen-bond acceptors (Lipinski definition) is 3. The van der Waals surface area contributed by atoms with Gasteiger partial charge in [-0.25, -0.2) is 0 Å². The molecule has 1 N–H and O–H groups in total. The molecule has 2 saturated heterocycles. The molecule has 142 valence electrons. The lowest BCUT2D eigenvalue weighted by atomic mass is 9.74. The van der Waals surface area contributed by atoms with Gasteiger partial charge in [0, 0.05) is 36.8 Å². The number of fused-ring (bicyclic) bond motifs is 2. The van der Waals surface area contributed by atoms with Crippen LogP contribution in [0.15, 0.2) is 6.07 Å². The predicted octanol–water partition coefficient (Wildman–Crippen LogP) is 2.27. The fourth-order valence-corrected chi connectivity index (χ4v) is 5.20. The molecule has 0 radical (unpaired) electrons. The zero-order valence-electron chi connectivity index (χ0n) is 16.2. The number of aryl methyl sites for hydroxylation is 2. The summed E-state index contributed by atoms with van der Waals surface area (Å²) in [6.07, 6.45) is 5.08. The molecule has 4 atom stereocenters. The van der Waals surface area contributed by atoms with Gasteiger partial charge in [0.05, 0.1) is 0 Å². The Morgan fingerprint density at radius 2 is 1.92 bits per heavy atom. The quantitative estimate of drug-likeness (QED) is 0.901. The molecule has 1 aromatic heterocycles. The number of amides is 2. The van der Waals surface area contributed by atoms with Crippen molar-refractivity contribution >= 4 is 11.8 Å². The van der Waals surface area contributed by atoms with Crippen molar-refractivity contribution in [1.29, 1.82) is 0 Å². The van der Waals surface area contributed by atoms with Gasteiger partial charge in [-0.15, -0.1) is 0 Å². The first-order valence-electron chi connectivity index (χ1n) is 9.98. The Kier molecular flexibility index (Phi) is 4.32. The van der Waals surface area contributed by atoms with E-state index in [1.807, 2.05) is 20.0 Å². The maximum Gasteiger partial charge on any atom is 0.272 e. The van der Waals surface area contributed by atoms with E-state index in [1.165, 1.54) is 0 Å². The molecule has 6 nitrogen and oxygen atoms in total. The monoisotopic (exact) mass is 358 g/mol. The van der Waals surface area contributed by atoms with Crippen LogP contribution in [0.3, 0.4) is 0 Å². The van der Waals surface area contributed by atoms with Crippen LogP contribution in [-0.4, -0.2) is 44.6 Å². The van der Waals surface area contributed by atoms with E-state index in [2.05, 4.69) is 29.2 Å². The number of carbonyl (C=O) groups excluding carboxylic acids is 2. The molecular formula is C20H30N4O2. The van der Waals surface area contributed by atoms with Crippen LogP contribution >= 0.6 is 0 Å². The highest BCUT2D eigenvalue weighted by atomic mass is 16.2. The zero-order valence-corrected chi connectivity index (χ0v) is 16.2. The smallest absolute Gasteiger partial charge is 0.272 e. The first kappa shape index (κ1) is 17.6. The third kappa shape index (κ3) is 2.83. The lowest BCUT2D eigenvalue weighted by molar-refractivity contribution is -0.146. The third-order valence-electron chi connectivity index (χ3n) is 6.95. The van der Waals surface area contributed by atoms with Gasteiger partial charge in [0.1, 0.15) is 5.69 Å². The van der Waals surface area contributed by atoms with E-state index in [9.17, 15) is 9.59 Å². The van der Waals surface area contributed by atoms with Gasteiger partial charge in [-0.3, -0.25) is 14.3 Å².